The molecule has 0 aliphatic heterocycles. The van der Waals surface area contributed by atoms with Crippen LogP contribution in [0.3, 0.4) is 0 Å². The number of nitriles is 1. The molecule has 3 N–H and O–H groups in total. The Morgan fingerprint density at radius 1 is 1.15 bits per heavy atom. The average Bonchev–Trinajstić information content (AvgIpc) is 3.23. The van der Waals surface area contributed by atoms with Crippen molar-refractivity contribution in [2.75, 3.05) is 5.32 Å². The van der Waals surface area contributed by atoms with Gasteiger partial charge in [0.15, 0.2) is 0 Å². The van der Waals surface area contributed by atoms with E-state index in [0.29, 0.717) is 5.69 Å². The highest BCUT2D eigenvalue weighted by Gasteiger charge is 2.13. The number of rotatable bonds is 7. The van der Waals surface area contributed by atoms with E-state index < -0.39 is 10.0 Å². The van der Waals surface area contributed by atoms with Crippen LogP contribution in [0.5, 0.6) is 0 Å². The van der Waals surface area contributed by atoms with Crippen molar-refractivity contribution in [3.63, 3.8) is 0 Å². The Morgan fingerprint density at radius 2 is 1.89 bits per heavy atom. The van der Waals surface area contributed by atoms with Crippen molar-refractivity contribution < 1.29 is 8.42 Å². The Morgan fingerprint density at radius 3 is 2.52 bits per heavy atom. The number of hydrogen-bond donors (Lipinski definition) is 3. The van der Waals surface area contributed by atoms with Gasteiger partial charge in [-0.25, -0.2) is 13.1 Å². The highest BCUT2D eigenvalue weighted by atomic mass is 32.2. The van der Waals surface area contributed by atoms with E-state index in [4.69, 9.17) is 5.26 Å². The molecule has 0 saturated heterocycles. The maximum atomic E-state index is 12.4. The van der Waals surface area contributed by atoms with Gasteiger partial charge >= 0.3 is 0 Å². The summed E-state index contributed by atoms with van der Waals surface area (Å²) >= 11 is 0. The maximum absolute atomic E-state index is 12.4. The van der Waals surface area contributed by atoms with E-state index in [1.165, 1.54) is 18.3 Å². The van der Waals surface area contributed by atoms with Crippen LogP contribution < -0.4 is 10.0 Å². The van der Waals surface area contributed by atoms with E-state index in [0.717, 1.165) is 5.56 Å². The minimum atomic E-state index is -3.62. The van der Waals surface area contributed by atoms with Crippen LogP contribution in [-0.4, -0.2) is 29.0 Å². The van der Waals surface area contributed by atoms with Gasteiger partial charge in [-0.05, 0) is 35.0 Å². The fraction of sp³-hybridized carbons (Fsp3) is 0.0588. The molecule has 0 aliphatic carbocycles. The van der Waals surface area contributed by atoms with Gasteiger partial charge < -0.3 is 5.32 Å². The fourth-order valence-electron chi connectivity index (χ4n) is 2.17. The molecule has 0 bridgehead atoms. The minimum absolute atomic E-state index is 0.145. The zero-order chi connectivity index (χ0) is 19.1. The van der Waals surface area contributed by atoms with Crippen molar-refractivity contribution in [2.24, 2.45) is 0 Å². The van der Waals surface area contributed by atoms with Crippen LogP contribution >= 0.6 is 0 Å². The number of hydrogen-bond acceptors (Lipinski definition) is 7. The molecule has 2 aromatic carbocycles. The standard InChI is InChI=1S/C17H15N7O2S/c18-10-14(17-21-23-24-22-17)12-19-15-6-8-16(9-7-15)27(25,26)20-11-13-4-2-1-3-5-13/h1-9,12,19-20H,11H2,(H,21,22,23,24). The number of H-pyrrole nitrogens is 1. The Balaban J connectivity index is 1.66. The van der Waals surface area contributed by atoms with Crippen molar-refractivity contribution >= 4 is 21.3 Å². The SMILES string of the molecule is N#CC(=CNc1ccc(S(=O)(=O)NCc2ccccc2)cc1)c1nn[nH]n1. The summed E-state index contributed by atoms with van der Waals surface area (Å²) in [5.74, 6) is 0.161. The third-order valence-electron chi connectivity index (χ3n) is 3.56. The summed E-state index contributed by atoms with van der Waals surface area (Å²) < 4.78 is 27.3. The number of benzene rings is 2. The van der Waals surface area contributed by atoms with Gasteiger partial charge in [0.05, 0.1) is 4.90 Å². The van der Waals surface area contributed by atoms with Crippen molar-refractivity contribution in [3.8, 4) is 6.07 Å². The monoisotopic (exact) mass is 381 g/mol. The zero-order valence-electron chi connectivity index (χ0n) is 14.0. The van der Waals surface area contributed by atoms with Crippen LogP contribution in [0.2, 0.25) is 0 Å². The molecule has 27 heavy (non-hydrogen) atoms. The minimum Gasteiger partial charge on any atom is -0.360 e. The Labute approximate surface area is 155 Å². The molecule has 10 heteroatoms. The average molecular weight is 381 g/mol. The molecule has 136 valence electrons. The summed E-state index contributed by atoms with van der Waals surface area (Å²) in [5, 5.41) is 25.1. The number of tetrazole rings is 1. The Hall–Kier alpha value is -3.55. The molecule has 0 unspecified atom stereocenters. The number of nitrogens with one attached hydrogen (secondary N) is 3. The molecule has 0 atom stereocenters. The first kappa shape index (κ1) is 18.2. The van der Waals surface area contributed by atoms with E-state index in [-0.39, 0.29) is 22.8 Å². The van der Waals surface area contributed by atoms with Crippen LogP contribution in [0.25, 0.3) is 5.57 Å². The van der Waals surface area contributed by atoms with Gasteiger partial charge in [0.1, 0.15) is 11.6 Å². The summed E-state index contributed by atoms with van der Waals surface area (Å²) in [6.45, 7) is 0.210. The van der Waals surface area contributed by atoms with Gasteiger partial charge in [-0.1, -0.05) is 30.3 Å². The smallest absolute Gasteiger partial charge is 0.240 e. The van der Waals surface area contributed by atoms with Crippen LogP contribution in [0, 0.1) is 11.3 Å². The van der Waals surface area contributed by atoms with Gasteiger partial charge in [0.25, 0.3) is 0 Å². The van der Waals surface area contributed by atoms with Gasteiger partial charge in [-0.3, -0.25) is 0 Å². The number of allylic oxidation sites excluding steroid dienone is 1. The number of sulfonamides is 1. The molecule has 0 radical (unpaired) electrons. The summed E-state index contributed by atoms with van der Waals surface area (Å²) in [5.41, 5.74) is 1.66. The van der Waals surface area contributed by atoms with E-state index in [2.05, 4.69) is 30.7 Å². The van der Waals surface area contributed by atoms with Crippen LogP contribution in [0.4, 0.5) is 5.69 Å². The fourth-order valence-corrected chi connectivity index (χ4v) is 3.18. The van der Waals surface area contributed by atoms with E-state index in [9.17, 15) is 8.42 Å². The normalized spacial score (nSPS) is 11.7. The van der Waals surface area contributed by atoms with E-state index in [1.54, 1.807) is 12.1 Å². The number of aromatic nitrogens is 4. The molecule has 1 aromatic heterocycles. The molecular formula is C17H15N7O2S. The van der Waals surface area contributed by atoms with Gasteiger partial charge in [0, 0.05) is 18.4 Å². The Bertz CT molecular complexity index is 1050. The van der Waals surface area contributed by atoms with Gasteiger partial charge in [-0.15, -0.1) is 10.2 Å². The van der Waals surface area contributed by atoms with E-state index >= 15 is 0 Å². The van der Waals surface area contributed by atoms with Crippen LogP contribution in [0.15, 0.2) is 65.7 Å². The lowest BCUT2D eigenvalue weighted by Gasteiger charge is -2.08. The lowest BCUT2D eigenvalue weighted by molar-refractivity contribution is 0.581. The topological polar surface area (TPSA) is 136 Å². The number of aromatic amines is 1. The first-order valence-corrected chi connectivity index (χ1v) is 9.31. The van der Waals surface area contributed by atoms with Crippen LogP contribution in [0.1, 0.15) is 11.4 Å². The van der Waals surface area contributed by atoms with Gasteiger partial charge in [-0.2, -0.15) is 10.5 Å². The second kappa shape index (κ2) is 8.22. The first-order chi connectivity index (χ1) is 13.1. The number of anilines is 1. The number of nitrogens with zero attached hydrogens (tertiary/aromatic N) is 4. The third kappa shape index (κ3) is 4.75. The predicted molar refractivity (Wildman–Crippen MR) is 98.3 cm³/mol. The summed E-state index contributed by atoms with van der Waals surface area (Å²) in [7, 11) is -3.62. The highest BCUT2D eigenvalue weighted by Crippen LogP contribution is 2.16. The molecule has 0 fully saturated rings. The van der Waals surface area contributed by atoms with Crippen molar-refractivity contribution in [1.29, 1.82) is 5.26 Å². The third-order valence-corrected chi connectivity index (χ3v) is 4.98. The molecule has 3 aromatic rings. The quantitative estimate of drug-likeness (QED) is 0.529. The van der Waals surface area contributed by atoms with Gasteiger partial charge in [0.2, 0.25) is 15.8 Å². The molecule has 0 saturated carbocycles. The Kier molecular flexibility index (Phi) is 5.55. The molecule has 9 nitrogen and oxygen atoms in total. The molecule has 0 amide bonds. The second-order valence-electron chi connectivity index (χ2n) is 5.38. The molecule has 1 heterocycles. The van der Waals surface area contributed by atoms with Crippen molar-refractivity contribution in [3.05, 3.63) is 72.2 Å². The second-order valence-corrected chi connectivity index (χ2v) is 7.15. The van der Waals surface area contributed by atoms with Crippen molar-refractivity contribution in [2.45, 2.75) is 11.4 Å². The predicted octanol–water partition coefficient (Wildman–Crippen LogP) is 1.65. The van der Waals surface area contributed by atoms with Crippen molar-refractivity contribution in [1.82, 2.24) is 25.3 Å². The lowest BCUT2D eigenvalue weighted by Crippen LogP contribution is -2.23. The molecule has 0 aliphatic rings. The summed E-state index contributed by atoms with van der Waals surface area (Å²) in [4.78, 5) is 0.145. The first-order valence-electron chi connectivity index (χ1n) is 7.83. The molecular weight excluding hydrogens is 366 g/mol. The lowest BCUT2D eigenvalue weighted by atomic mass is 10.2. The highest BCUT2D eigenvalue weighted by molar-refractivity contribution is 7.89. The summed E-state index contributed by atoms with van der Waals surface area (Å²) in [6, 6.07) is 17.4. The largest absolute Gasteiger partial charge is 0.360 e. The molecule has 3 rings (SSSR count). The maximum Gasteiger partial charge on any atom is 0.240 e. The van der Waals surface area contributed by atoms with E-state index in [1.807, 2.05) is 36.4 Å². The van der Waals surface area contributed by atoms with Crippen LogP contribution in [-0.2, 0) is 16.6 Å². The summed E-state index contributed by atoms with van der Waals surface area (Å²) in [6.07, 6.45) is 1.42. The zero-order valence-corrected chi connectivity index (χ0v) is 14.8. The molecule has 0 spiro atoms.